The van der Waals surface area contributed by atoms with Crippen LogP contribution in [0, 0.1) is 11.3 Å². The third-order valence-electron chi connectivity index (χ3n) is 7.36. The van der Waals surface area contributed by atoms with Gasteiger partial charge in [-0.25, -0.2) is 0 Å². The molecule has 1 spiro atoms. The minimum atomic E-state index is 0.233. The van der Waals surface area contributed by atoms with E-state index in [0.29, 0.717) is 5.41 Å². The van der Waals surface area contributed by atoms with Crippen LogP contribution in [-0.2, 0) is 17.7 Å². The Morgan fingerprint density at radius 2 is 2.08 bits per heavy atom. The standard InChI is InChI=1S/C21H24N4O/c1-5-21(6-1)20(11-17(20)13-26-21)14-25-9-4-18-16(12-25)10-19(24-23-18)15-2-7-22-8-3-15/h2-3,7-8,10,17H,1,4-6,9,11-14H2/t17-,20+/m0/s1. The SMILES string of the molecule is c1cc(-c2cc3c(nn2)CCN(C[C@]24C[C@H]2COC42CCC2)C3)ccn1. The maximum Gasteiger partial charge on any atom is 0.0934 e. The fraction of sp³-hybridized carbons (Fsp3) is 0.571. The molecular weight excluding hydrogens is 324 g/mol. The minimum Gasteiger partial charge on any atom is -0.374 e. The highest BCUT2D eigenvalue weighted by molar-refractivity contribution is 5.58. The molecule has 2 aromatic heterocycles. The molecule has 0 radical (unpaired) electrons. The van der Waals surface area contributed by atoms with Gasteiger partial charge in [0.25, 0.3) is 0 Å². The first-order valence-electron chi connectivity index (χ1n) is 9.90. The van der Waals surface area contributed by atoms with Crippen molar-refractivity contribution in [2.24, 2.45) is 11.3 Å². The molecule has 3 fully saturated rings. The van der Waals surface area contributed by atoms with Crippen LogP contribution < -0.4 is 0 Å². The van der Waals surface area contributed by atoms with Crippen LogP contribution >= 0.6 is 0 Å². The van der Waals surface area contributed by atoms with E-state index >= 15 is 0 Å². The van der Waals surface area contributed by atoms with Crippen molar-refractivity contribution < 1.29 is 4.74 Å². The molecule has 26 heavy (non-hydrogen) atoms. The lowest BCUT2D eigenvalue weighted by Crippen LogP contribution is -2.51. The predicted molar refractivity (Wildman–Crippen MR) is 97.3 cm³/mol. The fourth-order valence-electron chi connectivity index (χ4n) is 5.62. The first kappa shape index (κ1) is 15.2. The van der Waals surface area contributed by atoms with Gasteiger partial charge in [-0.15, -0.1) is 0 Å². The summed E-state index contributed by atoms with van der Waals surface area (Å²) in [4.78, 5) is 6.75. The zero-order valence-electron chi connectivity index (χ0n) is 15.0. The molecule has 2 aromatic rings. The summed E-state index contributed by atoms with van der Waals surface area (Å²) < 4.78 is 6.27. The van der Waals surface area contributed by atoms with Gasteiger partial charge in [0, 0.05) is 49.4 Å². The Bertz CT molecular complexity index is 850. The van der Waals surface area contributed by atoms with Gasteiger partial charge in [-0.1, -0.05) is 0 Å². The molecule has 0 aromatic carbocycles. The van der Waals surface area contributed by atoms with Crippen molar-refractivity contribution in [1.82, 2.24) is 20.1 Å². The lowest BCUT2D eigenvalue weighted by molar-refractivity contribution is -0.117. The Kier molecular flexibility index (Phi) is 3.12. The Morgan fingerprint density at radius 1 is 1.19 bits per heavy atom. The zero-order chi connectivity index (χ0) is 17.2. The first-order valence-corrected chi connectivity index (χ1v) is 9.90. The van der Waals surface area contributed by atoms with Gasteiger partial charge in [0.15, 0.2) is 0 Å². The van der Waals surface area contributed by atoms with E-state index in [4.69, 9.17) is 4.74 Å². The molecule has 2 atom stereocenters. The topological polar surface area (TPSA) is 51.1 Å². The van der Waals surface area contributed by atoms with E-state index in [1.54, 1.807) is 0 Å². The summed E-state index contributed by atoms with van der Waals surface area (Å²) in [5, 5.41) is 8.97. The Balaban J connectivity index is 1.24. The van der Waals surface area contributed by atoms with E-state index in [-0.39, 0.29) is 5.60 Å². The van der Waals surface area contributed by atoms with Gasteiger partial charge in [-0.2, -0.15) is 10.2 Å². The summed E-state index contributed by atoms with van der Waals surface area (Å²) in [5.41, 5.74) is 5.24. The van der Waals surface area contributed by atoms with Crippen molar-refractivity contribution in [2.75, 3.05) is 19.7 Å². The van der Waals surface area contributed by atoms with Crippen molar-refractivity contribution in [3.8, 4) is 11.3 Å². The van der Waals surface area contributed by atoms with Crippen LogP contribution in [0.1, 0.15) is 36.9 Å². The van der Waals surface area contributed by atoms with E-state index < -0.39 is 0 Å². The Morgan fingerprint density at radius 3 is 2.85 bits per heavy atom. The quantitative estimate of drug-likeness (QED) is 0.854. The molecule has 2 aliphatic heterocycles. The summed E-state index contributed by atoms with van der Waals surface area (Å²) in [6.07, 6.45) is 9.93. The smallest absolute Gasteiger partial charge is 0.0934 e. The van der Waals surface area contributed by atoms with Crippen LogP contribution in [0.5, 0.6) is 0 Å². The molecule has 0 amide bonds. The molecule has 5 nitrogen and oxygen atoms in total. The van der Waals surface area contributed by atoms with Gasteiger partial charge in [0.1, 0.15) is 0 Å². The summed E-state index contributed by atoms with van der Waals surface area (Å²) in [5.74, 6) is 0.812. The predicted octanol–water partition coefficient (Wildman–Crippen LogP) is 2.86. The van der Waals surface area contributed by atoms with Gasteiger partial charge in [-0.3, -0.25) is 9.88 Å². The largest absolute Gasteiger partial charge is 0.374 e. The maximum absolute atomic E-state index is 6.27. The van der Waals surface area contributed by atoms with Crippen molar-refractivity contribution in [2.45, 2.75) is 44.2 Å². The summed E-state index contributed by atoms with van der Waals surface area (Å²) >= 11 is 0. The third-order valence-corrected chi connectivity index (χ3v) is 7.36. The van der Waals surface area contributed by atoms with Crippen molar-refractivity contribution >= 4 is 0 Å². The van der Waals surface area contributed by atoms with E-state index in [0.717, 1.165) is 43.3 Å². The minimum absolute atomic E-state index is 0.233. The lowest BCUT2D eigenvalue weighted by Gasteiger charge is -2.47. The van der Waals surface area contributed by atoms with Gasteiger partial charge in [0.05, 0.1) is 23.6 Å². The van der Waals surface area contributed by atoms with Crippen LogP contribution in [0.2, 0.25) is 0 Å². The normalized spacial score (nSPS) is 31.3. The van der Waals surface area contributed by atoms with Crippen LogP contribution in [0.25, 0.3) is 11.3 Å². The summed E-state index contributed by atoms with van der Waals surface area (Å²) in [6, 6.07) is 6.23. The molecule has 0 N–H and O–H groups in total. The average molecular weight is 348 g/mol. The molecule has 0 unspecified atom stereocenters. The van der Waals surface area contributed by atoms with Crippen LogP contribution in [0.3, 0.4) is 0 Å². The molecule has 2 aliphatic carbocycles. The molecule has 4 heterocycles. The summed E-state index contributed by atoms with van der Waals surface area (Å²) in [7, 11) is 0. The molecule has 2 saturated carbocycles. The second kappa shape index (κ2) is 5.33. The molecule has 5 heteroatoms. The highest BCUT2D eigenvalue weighted by atomic mass is 16.5. The molecule has 1 saturated heterocycles. The van der Waals surface area contributed by atoms with Gasteiger partial charge in [0.2, 0.25) is 0 Å². The van der Waals surface area contributed by atoms with E-state index in [9.17, 15) is 0 Å². The van der Waals surface area contributed by atoms with Crippen LogP contribution in [0.15, 0.2) is 30.6 Å². The van der Waals surface area contributed by atoms with Crippen molar-refractivity contribution in [1.29, 1.82) is 0 Å². The van der Waals surface area contributed by atoms with E-state index in [1.165, 1.54) is 43.5 Å². The molecule has 6 rings (SSSR count). The molecule has 0 bridgehead atoms. The lowest BCUT2D eigenvalue weighted by atomic mass is 9.68. The van der Waals surface area contributed by atoms with Crippen molar-refractivity contribution in [3.05, 3.63) is 41.9 Å². The monoisotopic (exact) mass is 348 g/mol. The second-order valence-corrected chi connectivity index (χ2v) is 8.61. The Labute approximate surface area is 153 Å². The number of aromatic nitrogens is 3. The molecule has 134 valence electrons. The second-order valence-electron chi connectivity index (χ2n) is 8.61. The number of hydrogen-bond donors (Lipinski definition) is 0. The number of pyridine rings is 1. The van der Waals surface area contributed by atoms with E-state index in [2.05, 4.69) is 26.1 Å². The third kappa shape index (κ3) is 2.07. The Hall–Kier alpha value is -1.85. The van der Waals surface area contributed by atoms with Crippen LogP contribution in [-0.4, -0.2) is 45.4 Å². The highest BCUT2D eigenvalue weighted by Crippen LogP contribution is 2.71. The number of fused-ring (bicyclic) bond motifs is 3. The van der Waals surface area contributed by atoms with Gasteiger partial charge in [-0.05, 0) is 55.4 Å². The number of nitrogens with zero attached hydrogens (tertiary/aromatic N) is 4. The first-order chi connectivity index (χ1) is 12.8. The molecular formula is C21H24N4O. The van der Waals surface area contributed by atoms with Gasteiger partial charge >= 0.3 is 0 Å². The fourth-order valence-corrected chi connectivity index (χ4v) is 5.62. The van der Waals surface area contributed by atoms with Crippen molar-refractivity contribution in [3.63, 3.8) is 0 Å². The average Bonchev–Trinajstić information content (AvgIpc) is 3.25. The van der Waals surface area contributed by atoms with Gasteiger partial charge < -0.3 is 4.74 Å². The van der Waals surface area contributed by atoms with E-state index in [1.807, 2.05) is 24.5 Å². The number of hydrogen-bond acceptors (Lipinski definition) is 5. The summed E-state index contributed by atoms with van der Waals surface area (Å²) in [6.45, 7) is 4.29. The zero-order valence-corrected chi connectivity index (χ0v) is 15.0. The molecule has 4 aliphatic rings. The van der Waals surface area contributed by atoms with Crippen LogP contribution in [0.4, 0.5) is 0 Å². The number of rotatable bonds is 3. The number of ether oxygens (including phenoxy) is 1. The maximum atomic E-state index is 6.27. The highest BCUT2D eigenvalue weighted by Gasteiger charge is 2.73.